The van der Waals surface area contributed by atoms with Gasteiger partial charge in [0.1, 0.15) is 5.82 Å². The molecule has 0 heterocycles. The number of halogens is 2. The molecule has 0 aliphatic carbocycles. The number of amides is 2. The first-order valence-corrected chi connectivity index (χ1v) is 6.92. The van der Waals surface area contributed by atoms with Gasteiger partial charge < -0.3 is 15.7 Å². The van der Waals surface area contributed by atoms with Crippen LogP contribution in [0.5, 0.6) is 0 Å². The Morgan fingerprint density at radius 1 is 1.42 bits per heavy atom. The van der Waals surface area contributed by atoms with Gasteiger partial charge in [-0.25, -0.2) is 9.18 Å². The topological polar surface area (TPSA) is 61.4 Å². The third kappa shape index (κ3) is 6.54. The van der Waals surface area contributed by atoms with Gasteiger partial charge in [-0.3, -0.25) is 0 Å². The monoisotopic (exact) mass is 332 g/mol. The number of urea groups is 1. The van der Waals surface area contributed by atoms with Crippen molar-refractivity contribution in [3.63, 3.8) is 0 Å². The van der Waals surface area contributed by atoms with Crippen molar-refractivity contribution in [1.29, 1.82) is 0 Å². The molecule has 2 amide bonds. The lowest BCUT2D eigenvalue weighted by molar-refractivity contribution is 0.183. The Labute approximate surface area is 120 Å². The molecular weight excluding hydrogens is 315 g/mol. The quantitative estimate of drug-likeness (QED) is 0.747. The van der Waals surface area contributed by atoms with E-state index < -0.39 is 6.10 Å². The van der Waals surface area contributed by atoms with Gasteiger partial charge in [0.05, 0.1) is 10.6 Å². The van der Waals surface area contributed by atoms with Gasteiger partial charge in [-0.2, -0.15) is 0 Å². The first-order valence-electron chi connectivity index (χ1n) is 6.12. The largest absolute Gasteiger partial charge is 0.393 e. The third-order valence-corrected chi connectivity index (χ3v) is 3.14. The Hall–Kier alpha value is -1.14. The molecule has 1 rings (SSSR count). The first kappa shape index (κ1) is 15.9. The highest BCUT2D eigenvalue weighted by molar-refractivity contribution is 9.10. The molecule has 1 unspecified atom stereocenters. The van der Waals surface area contributed by atoms with Crippen LogP contribution in [-0.4, -0.2) is 30.3 Å². The molecule has 0 bridgehead atoms. The van der Waals surface area contributed by atoms with Gasteiger partial charge in [0, 0.05) is 13.1 Å². The average molecular weight is 333 g/mol. The highest BCUT2D eigenvalue weighted by Gasteiger charge is 2.03. The highest BCUT2D eigenvalue weighted by atomic mass is 79.9. The number of carbonyl (C=O) groups is 1. The van der Waals surface area contributed by atoms with Crippen LogP contribution in [0.15, 0.2) is 22.7 Å². The van der Waals surface area contributed by atoms with Gasteiger partial charge >= 0.3 is 6.03 Å². The summed E-state index contributed by atoms with van der Waals surface area (Å²) in [5.41, 5.74) is 0.942. The number of carbonyl (C=O) groups excluding carboxylic acids is 1. The van der Waals surface area contributed by atoms with E-state index in [-0.39, 0.29) is 11.8 Å². The zero-order chi connectivity index (χ0) is 14.3. The van der Waals surface area contributed by atoms with Crippen LogP contribution in [0.1, 0.15) is 18.9 Å². The van der Waals surface area contributed by atoms with E-state index in [0.717, 1.165) is 5.56 Å². The maximum atomic E-state index is 13.0. The van der Waals surface area contributed by atoms with Crippen LogP contribution in [0.3, 0.4) is 0 Å². The number of aliphatic hydroxyl groups is 1. The van der Waals surface area contributed by atoms with Crippen LogP contribution >= 0.6 is 15.9 Å². The average Bonchev–Trinajstić information content (AvgIpc) is 2.33. The predicted molar refractivity (Wildman–Crippen MR) is 75.5 cm³/mol. The minimum absolute atomic E-state index is 0.262. The molecule has 1 aromatic carbocycles. The maximum absolute atomic E-state index is 13.0. The number of hydrogen-bond acceptors (Lipinski definition) is 2. The molecule has 106 valence electrons. The summed E-state index contributed by atoms with van der Waals surface area (Å²) in [5.74, 6) is -0.299. The second-order valence-electron chi connectivity index (χ2n) is 4.32. The van der Waals surface area contributed by atoms with Gasteiger partial charge in [-0.15, -0.1) is 0 Å². The van der Waals surface area contributed by atoms with Crippen molar-refractivity contribution in [3.05, 3.63) is 34.1 Å². The van der Waals surface area contributed by atoms with E-state index in [1.165, 1.54) is 6.07 Å². The van der Waals surface area contributed by atoms with E-state index in [9.17, 15) is 9.18 Å². The summed E-state index contributed by atoms with van der Waals surface area (Å²) in [4.78, 5) is 11.4. The van der Waals surface area contributed by atoms with E-state index in [2.05, 4.69) is 26.6 Å². The fourth-order valence-electron chi connectivity index (χ4n) is 1.47. The van der Waals surface area contributed by atoms with Crippen LogP contribution in [0.4, 0.5) is 9.18 Å². The highest BCUT2D eigenvalue weighted by Crippen LogP contribution is 2.16. The summed E-state index contributed by atoms with van der Waals surface area (Å²) >= 11 is 3.12. The molecular formula is C13H18BrFN2O2. The van der Waals surface area contributed by atoms with E-state index >= 15 is 0 Å². The molecule has 0 radical (unpaired) electrons. The van der Waals surface area contributed by atoms with Gasteiger partial charge in [-0.1, -0.05) is 6.07 Å². The Morgan fingerprint density at radius 2 is 2.11 bits per heavy atom. The molecule has 0 fully saturated rings. The molecule has 6 heteroatoms. The lowest BCUT2D eigenvalue weighted by Crippen LogP contribution is -2.37. The Balaban J connectivity index is 2.22. The molecule has 0 aliphatic heterocycles. The molecule has 0 spiro atoms. The molecule has 19 heavy (non-hydrogen) atoms. The predicted octanol–water partition coefficient (Wildman–Crippen LogP) is 2.20. The van der Waals surface area contributed by atoms with Gasteiger partial charge in [0.2, 0.25) is 0 Å². The number of hydrogen-bond donors (Lipinski definition) is 3. The molecule has 0 saturated heterocycles. The standard InChI is InChI=1S/C13H18BrFN2O2/c1-9(18)4-6-16-13(19)17-7-5-10-2-3-12(15)11(14)8-10/h2-3,8-9,18H,4-7H2,1H3,(H2,16,17,19). The summed E-state index contributed by atoms with van der Waals surface area (Å²) in [7, 11) is 0. The minimum atomic E-state index is -0.420. The van der Waals surface area contributed by atoms with Gasteiger partial charge in [0.25, 0.3) is 0 Å². The number of rotatable bonds is 6. The molecule has 1 aromatic rings. The van der Waals surface area contributed by atoms with Crippen LogP contribution in [0, 0.1) is 5.82 Å². The van der Waals surface area contributed by atoms with E-state index in [1.54, 1.807) is 19.1 Å². The van der Waals surface area contributed by atoms with Crippen molar-refractivity contribution >= 4 is 22.0 Å². The normalized spacial score (nSPS) is 12.0. The lowest BCUT2D eigenvalue weighted by Gasteiger charge is -2.09. The summed E-state index contributed by atoms with van der Waals surface area (Å²) < 4.78 is 13.4. The van der Waals surface area contributed by atoms with Crippen molar-refractivity contribution in [1.82, 2.24) is 10.6 Å². The molecule has 4 nitrogen and oxygen atoms in total. The van der Waals surface area contributed by atoms with E-state index in [0.29, 0.717) is 30.4 Å². The summed E-state index contributed by atoms with van der Waals surface area (Å²) in [6.45, 7) is 2.58. The van der Waals surface area contributed by atoms with Gasteiger partial charge in [-0.05, 0) is 53.4 Å². The smallest absolute Gasteiger partial charge is 0.314 e. The summed E-state index contributed by atoms with van der Waals surface area (Å²) in [5, 5.41) is 14.4. The Morgan fingerprint density at radius 3 is 2.74 bits per heavy atom. The molecule has 0 aliphatic rings. The van der Waals surface area contributed by atoms with Crippen molar-refractivity contribution in [2.24, 2.45) is 0 Å². The van der Waals surface area contributed by atoms with Crippen LogP contribution < -0.4 is 10.6 Å². The van der Waals surface area contributed by atoms with Crippen molar-refractivity contribution < 1.29 is 14.3 Å². The molecule has 3 N–H and O–H groups in total. The number of nitrogens with one attached hydrogen (secondary N) is 2. The number of aliphatic hydroxyl groups excluding tert-OH is 1. The third-order valence-electron chi connectivity index (χ3n) is 2.53. The van der Waals surface area contributed by atoms with Crippen LogP contribution in [0.25, 0.3) is 0 Å². The Bertz CT molecular complexity index is 427. The second kappa shape index (κ2) is 8.12. The van der Waals surface area contributed by atoms with Crippen molar-refractivity contribution in [3.8, 4) is 0 Å². The van der Waals surface area contributed by atoms with Gasteiger partial charge in [0.15, 0.2) is 0 Å². The van der Waals surface area contributed by atoms with Crippen molar-refractivity contribution in [2.45, 2.75) is 25.9 Å². The Kier molecular flexibility index (Phi) is 6.80. The van der Waals surface area contributed by atoms with Crippen molar-refractivity contribution in [2.75, 3.05) is 13.1 Å². The second-order valence-corrected chi connectivity index (χ2v) is 5.17. The first-order chi connectivity index (χ1) is 8.99. The fourth-order valence-corrected chi connectivity index (χ4v) is 1.90. The lowest BCUT2D eigenvalue weighted by atomic mass is 10.1. The molecule has 1 atom stereocenters. The summed E-state index contributed by atoms with van der Waals surface area (Å²) in [6.07, 6.45) is 0.734. The zero-order valence-electron chi connectivity index (χ0n) is 10.7. The SMILES string of the molecule is CC(O)CCNC(=O)NCCc1ccc(F)c(Br)c1. The van der Waals surface area contributed by atoms with Crippen LogP contribution in [-0.2, 0) is 6.42 Å². The molecule has 0 saturated carbocycles. The maximum Gasteiger partial charge on any atom is 0.314 e. The molecule has 0 aromatic heterocycles. The minimum Gasteiger partial charge on any atom is -0.393 e. The fraction of sp³-hybridized carbons (Fsp3) is 0.462. The summed E-state index contributed by atoms with van der Waals surface area (Å²) in [6, 6.07) is 4.51. The zero-order valence-corrected chi connectivity index (χ0v) is 12.3. The van der Waals surface area contributed by atoms with E-state index in [1.807, 2.05) is 0 Å². The van der Waals surface area contributed by atoms with E-state index in [4.69, 9.17) is 5.11 Å². The van der Waals surface area contributed by atoms with Crippen LogP contribution in [0.2, 0.25) is 0 Å². The number of benzene rings is 1.